The third-order valence-corrected chi connectivity index (χ3v) is 2.42. The molecule has 1 aromatic rings. The minimum Gasteiger partial charge on any atom is -0.504 e. The molecular weight excluding hydrogens is 206 g/mol. The summed E-state index contributed by atoms with van der Waals surface area (Å²) in [7, 11) is 0. The predicted molar refractivity (Wildman–Crippen MR) is 61.9 cm³/mol. The second-order valence-corrected chi connectivity index (χ2v) is 3.95. The SMILES string of the molecule is CC(C)C(CN)C(=O)Nc1ncccc1O. The first kappa shape index (κ1) is 12.4. The molecule has 0 aliphatic rings. The lowest BCUT2D eigenvalue weighted by atomic mass is 9.95. The quantitative estimate of drug-likeness (QED) is 0.709. The molecule has 1 aromatic heterocycles. The largest absolute Gasteiger partial charge is 0.504 e. The standard InChI is InChI=1S/C11H17N3O2/c1-7(2)8(6-12)11(16)14-10-9(15)4-3-5-13-10/h3-5,7-8,15H,6,12H2,1-2H3,(H,13,14,16). The van der Waals surface area contributed by atoms with E-state index in [0.717, 1.165) is 0 Å². The van der Waals surface area contributed by atoms with E-state index in [-0.39, 0.29) is 35.9 Å². The van der Waals surface area contributed by atoms with E-state index < -0.39 is 0 Å². The Hall–Kier alpha value is -1.62. The molecule has 1 amide bonds. The first-order valence-electron chi connectivity index (χ1n) is 5.21. The Morgan fingerprint density at radius 2 is 2.31 bits per heavy atom. The van der Waals surface area contributed by atoms with E-state index in [9.17, 15) is 9.90 Å². The molecule has 0 aromatic carbocycles. The molecule has 16 heavy (non-hydrogen) atoms. The van der Waals surface area contributed by atoms with Crippen LogP contribution in [-0.4, -0.2) is 22.5 Å². The molecule has 5 heteroatoms. The zero-order valence-electron chi connectivity index (χ0n) is 9.47. The Bertz CT molecular complexity index is 366. The third-order valence-electron chi connectivity index (χ3n) is 2.42. The molecule has 1 heterocycles. The van der Waals surface area contributed by atoms with Gasteiger partial charge in [-0.15, -0.1) is 0 Å². The van der Waals surface area contributed by atoms with Crippen LogP contribution in [0.4, 0.5) is 5.82 Å². The fourth-order valence-corrected chi connectivity index (χ4v) is 1.38. The van der Waals surface area contributed by atoms with Crippen molar-refractivity contribution in [3.63, 3.8) is 0 Å². The van der Waals surface area contributed by atoms with E-state index in [0.29, 0.717) is 0 Å². The van der Waals surface area contributed by atoms with Gasteiger partial charge >= 0.3 is 0 Å². The number of anilines is 1. The number of carbonyl (C=O) groups excluding carboxylic acids is 1. The molecule has 0 aliphatic heterocycles. The van der Waals surface area contributed by atoms with Crippen LogP contribution in [0.3, 0.4) is 0 Å². The minimum atomic E-state index is -0.276. The lowest BCUT2D eigenvalue weighted by Crippen LogP contribution is -2.33. The van der Waals surface area contributed by atoms with Crippen LogP contribution in [0, 0.1) is 11.8 Å². The molecule has 0 fully saturated rings. The van der Waals surface area contributed by atoms with Crippen molar-refractivity contribution in [1.29, 1.82) is 0 Å². The number of nitrogens with one attached hydrogen (secondary N) is 1. The zero-order valence-corrected chi connectivity index (χ0v) is 9.47. The predicted octanol–water partition coefficient (Wildman–Crippen LogP) is 0.957. The number of aromatic nitrogens is 1. The molecule has 0 saturated heterocycles. The average molecular weight is 223 g/mol. The maximum atomic E-state index is 11.8. The number of hydrogen-bond acceptors (Lipinski definition) is 4. The molecule has 1 rings (SSSR count). The molecule has 0 bridgehead atoms. The lowest BCUT2D eigenvalue weighted by Gasteiger charge is -2.17. The fourth-order valence-electron chi connectivity index (χ4n) is 1.38. The van der Waals surface area contributed by atoms with Crippen molar-refractivity contribution in [2.45, 2.75) is 13.8 Å². The summed E-state index contributed by atoms with van der Waals surface area (Å²) in [5, 5.41) is 12.0. The van der Waals surface area contributed by atoms with Crippen LogP contribution in [0.5, 0.6) is 5.75 Å². The Morgan fingerprint density at radius 1 is 1.62 bits per heavy atom. The highest BCUT2D eigenvalue weighted by molar-refractivity contribution is 5.93. The van der Waals surface area contributed by atoms with Gasteiger partial charge in [0.25, 0.3) is 0 Å². The molecule has 5 nitrogen and oxygen atoms in total. The smallest absolute Gasteiger partial charge is 0.230 e. The molecule has 1 unspecified atom stereocenters. The number of aromatic hydroxyl groups is 1. The van der Waals surface area contributed by atoms with Gasteiger partial charge in [0.2, 0.25) is 5.91 Å². The molecule has 0 spiro atoms. The van der Waals surface area contributed by atoms with Crippen LogP contribution in [0.2, 0.25) is 0 Å². The van der Waals surface area contributed by atoms with Crippen LogP contribution >= 0.6 is 0 Å². The lowest BCUT2D eigenvalue weighted by molar-refractivity contribution is -0.120. The van der Waals surface area contributed by atoms with Crippen LogP contribution in [-0.2, 0) is 4.79 Å². The first-order chi connectivity index (χ1) is 7.56. The molecule has 4 N–H and O–H groups in total. The Morgan fingerprint density at radius 3 is 2.81 bits per heavy atom. The van der Waals surface area contributed by atoms with Gasteiger partial charge in [0.1, 0.15) is 0 Å². The van der Waals surface area contributed by atoms with E-state index in [1.54, 1.807) is 6.07 Å². The summed E-state index contributed by atoms with van der Waals surface area (Å²) >= 11 is 0. The third kappa shape index (κ3) is 2.93. The van der Waals surface area contributed by atoms with Crippen molar-refractivity contribution in [1.82, 2.24) is 4.98 Å². The van der Waals surface area contributed by atoms with Gasteiger partial charge in [-0.2, -0.15) is 0 Å². The van der Waals surface area contributed by atoms with Gasteiger partial charge < -0.3 is 16.2 Å². The number of amides is 1. The first-order valence-corrected chi connectivity index (χ1v) is 5.21. The molecular formula is C11H17N3O2. The summed E-state index contributed by atoms with van der Waals surface area (Å²) in [6.45, 7) is 4.13. The highest BCUT2D eigenvalue weighted by Crippen LogP contribution is 2.20. The number of pyridine rings is 1. The summed E-state index contributed by atoms with van der Waals surface area (Å²) in [6, 6.07) is 3.06. The minimum absolute atomic E-state index is 0.0459. The van der Waals surface area contributed by atoms with Gasteiger partial charge in [-0.3, -0.25) is 4.79 Å². The number of nitrogens with two attached hydrogens (primary N) is 1. The summed E-state index contributed by atoms with van der Waals surface area (Å²) in [6.07, 6.45) is 1.50. The van der Waals surface area contributed by atoms with E-state index in [4.69, 9.17) is 5.73 Å². The molecule has 88 valence electrons. The number of carbonyl (C=O) groups is 1. The summed E-state index contributed by atoms with van der Waals surface area (Å²) < 4.78 is 0. The number of nitrogens with zero attached hydrogens (tertiary/aromatic N) is 1. The maximum absolute atomic E-state index is 11.8. The van der Waals surface area contributed by atoms with Crippen LogP contribution in [0.1, 0.15) is 13.8 Å². The molecule has 1 atom stereocenters. The Labute approximate surface area is 94.7 Å². The zero-order chi connectivity index (χ0) is 12.1. The summed E-state index contributed by atoms with van der Waals surface area (Å²) in [5.74, 6) is -0.217. The van der Waals surface area contributed by atoms with Crippen molar-refractivity contribution in [3.05, 3.63) is 18.3 Å². The fraction of sp³-hybridized carbons (Fsp3) is 0.455. The van der Waals surface area contributed by atoms with Crippen molar-refractivity contribution in [3.8, 4) is 5.75 Å². The summed E-state index contributed by atoms with van der Waals surface area (Å²) in [4.78, 5) is 15.7. The van der Waals surface area contributed by atoms with Crippen LogP contribution in [0.25, 0.3) is 0 Å². The van der Waals surface area contributed by atoms with Crippen LogP contribution < -0.4 is 11.1 Å². The molecule has 0 aliphatic carbocycles. The van der Waals surface area contributed by atoms with Gasteiger partial charge in [0.05, 0.1) is 5.92 Å². The van der Waals surface area contributed by atoms with Gasteiger partial charge in [0.15, 0.2) is 11.6 Å². The highest BCUT2D eigenvalue weighted by Gasteiger charge is 2.21. The Balaban J connectivity index is 2.74. The van der Waals surface area contributed by atoms with Crippen molar-refractivity contribution >= 4 is 11.7 Å². The molecule has 0 radical (unpaired) electrons. The van der Waals surface area contributed by atoms with Crippen LogP contribution in [0.15, 0.2) is 18.3 Å². The second kappa shape index (κ2) is 5.46. The summed E-state index contributed by atoms with van der Waals surface area (Å²) in [5.41, 5.74) is 5.52. The van der Waals surface area contributed by atoms with E-state index in [1.165, 1.54) is 12.3 Å². The number of hydrogen-bond donors (Lipinski definition) is 3. The van der Waals surface area contributed by atoms with E-state index >= 15 is 0 Å². The van der Waals surface area contributed by atoms with Crippen molar-refractivity contribution in [2.75, 3.05) is 11.9 Å². The maximum Gasteiger partial charge on any atom is 0.230 e. The highest BCUT2D eigenvalue weighted by atomic mass is 16.3. The Kier molecular flexibility index (Phi) is 4.25. The van der Waals surface area contributed by atoms with E-state index in [1.807, 2.05) is 13.8 Å². The van der Waals surface area contributed by atoms with Crippen molar-refractivity contribution in [2.24, 2.45) is 17.6 Å². The van der Waals surface area contributed by atoms with Crippen molar-refractivity contribution < 1.29 is 9.90 Å². The second-order valence-electron chi connectivity index (χ2n) is 3.95. The van der Waals surface area contributed by atoms with Gasteiger partial charge in [-0.25, -0.2) is 4.98 Å². The topological polar surface area (TPSA) is 88.2 Å². The van der Waals surface area contributed by atoms with Gasteiger partial charge in [0, 0.05) is 12.7 Å². The normalized spacial score (nSPS) is 12.5. The van der Waals surface area contributed by atoms with Gasteiger partial charge in [-0.1, -0.05) is 13.8 Å². The monoisotopic (exact) mass is 223 g/mol. The van der Waals surface area contributed by atoms with E-state index in [2.05, 4.69) is 10.3 Å². The average Bonchev–Trinajstić information content (AvgIpc) is 2.22. The number of rotatable bonds is 4. The van der Waals surface area contributed by atoms with Gasteiger partial charge in [-0.05, 0) is 18.1 Å². The molecule has 0 saturated carbocycles.